The summed E-state index contributed by atoms with van der Waals surface area (Å²) >= 11 is 3.64. The SMILES string of the molecule is CCNc1ncccc1CSc1cccs1. The fourth-order valence-corrected chi connectivity index (χ4v) is 3.15. The minimum Gasteiger partial charge on any atom is -0.370 e. The van der Waals surface area contributed by atoms with Crippen molar-refractivity contribution in [1.29, 1.82) is 0 Å². The van der Waals surface area contributed by atoms with Crippen molar-refractivity contribution in [3.8, 4) is 0 Å². The zero-order valence-corrected chi connectivity index (χ0v) is 10.8. The van der Waals surface area contributed by atoms with E-state index in [1.165, 1.54) is 9.77 Å². The molecular weight excluding hydrogens is 236 g/mol. The highest BCUT2D eigenvalue weighted by Gasteiger charge is 2.03. The predicted molar refractivity (Wildman–Crippen MR) is 72.3 cm³/mol. The monoisotopic (exact) mass is 250 g/mol. The summed E-state index contributed by atoms with van der Waals surface area (Å²) in [6.45, 7) is 3.00. The van der Waals surface area contributed by atoms with Crippen LogP contribution in [0.15, 0.2) is 40.1 Å². The number of aromatic nitrogens is 1. The number of hydrogen-bond acceptors (Lipinski definition) is 4. The van der Waals surface area contributed by atoms with Crippen LogP contribution in [0.5, 0.6) is 0 Å². The lowest BCUT2D eigenvalue weighted by atomic mass is 10.3. The molecule has 0 saturated carbocycles. The normalized spacial score (nSPS) is 10.3. The summed E-state index contributed by atoms with van der Waals surface area (Å²) < 4.78 is 1.35. The lowest BCUT2D eigenvalue weighted by Crippen LogP contribution is -2.02. The lowest BCUT2D eigenvalue weighted by Gasteiger charge is -2.08. The largest absolute Gasteiger partial charge is 0.370 e. The van der Waals surface area contributed by atoms with Crippen molar-refractivity contribution in [3.63, 3.8) is 0 Å². The molecule has 4 heteroatoms. The third-order valence-electron chi connectivity index (χ3n) is 2.10. The highest BCUT2D eigenvalue weighted by atomic mass is 32.2. The van der Waals surface area contributed by atoms with Gasteiger partial charge in [0.1, 0.15) is 5.82 Å². The maximum atomic E-state index is 4.35. The molecule has 0 saturated heterocycles. The Hall–Kier alpha value is -1.00. The zero-order chi connectivity index (χ0) is 11.2. The molecule has 2 aromatic heterocycles. The summed E-state index contributed by atoms with van der Waals surface area (Å²) in [6.07, 6.45) is 1.83. The number of pyridine rings is 1. The Morgan fingerprint density at radius 2 is 2.31 bits per heavy atom. The number of nitrogens with one attached hydrogen (secondary N) is 1. The van der Waals surface area contributed by atoms with E-state index in [9.17, 15) is 0 Å². The molecule has 0 aromatic carbocycles. The van der Waals surface area contributed by atoms with E-state index < -0.39 is 0 Å². The van der Waals surface area contributed by atoms with E-state index in [0.29, 0.717) is 0 Å². The van der Waals surface area contributed by atoms with Gasteiger partial charge in [-0.2, -0.15) is 0 Å². The summed E-state index contributed by atoms with van der Waals surface area (Å²) in [5.74, 6) is 1.98. The molecule has 16 heavy (non-hydrogen) atoms. The van der Waals surface area contributed by atoms with Crippen molar-refractivity contribution in [1.82, 2.24) is 4.98 Å². The fourth-order valence-electron chi connectivity index (χ4n) is 1.38. The highest BCUT2D eigenvalue weighted by Crippen LogP contribution is 2.28. The van der Waals surface area contributed by atoms with Crippen LogP contribution < -0.4 is 5.32 Å². The van der Waals surface area contributed by atoms with Crippen LogP contribution in [0.3, 0.4) is 0 Å². The van der Waals surface area contributed by atoms with Crippen LogP contribution >= 0.6 is 23.1 Å². The van der Waals surface area contributed by atoms with Gasteiger partial charge >= 0.3 is 0 Å². The lowest BCUT2D eigenvalue weighted by molar-refractivity contribution is 1.13. The quantitative estimate of drug-likeness (QED) is 0.815. The number of hydrogen-bond donors (Lipinski definition) is 1. The van der Waals surface area contributed by atoms with Crippen molar-refractivity contribution in [2.45, 2.75) is 16.9 Å². The Balaban J connectivity index is 2.03. The Morgan fingerprint density at radius 1 is 1.38 bits per heavy atom. The van der Waals surface area contributed by atoms with Crippen LogP contribution in [0.2, 0.25) is 0 Å². The van der Waals surface area contributed by atoms with Gasteiger partial charge in [0.25, 0.3) is 0 Å². The van der Waals surface area contributed by atoms with Gasteiger partial charge in [0, 0.05) is 24.1 Å². The molecule has 84 valence electrons. The molecule has 0 unspecified atom stereocenters. The second-order valence-corrected chi connectivity index (χ2v) is 5.49. The second kappa shape index (κ2) is 5.92. The van der Waals surface area contributed by atoms with E-state index in [2.05, 4.69) is 40.8 Å². The smallest absolute Gasteiger partial charge is 0.129 e. The van der Waals surface area contributed by atoms with E-state index in [0.717, 1.165) is 18.1 Å². The minimum atomic E-state index is 0.910. The number of nitrogens with zero attached hydrogens (tertiary/aromatic N) is 1. The van der Waals surface area contributed by atoms with Gasteiger partial charge in [0.05, 0.1) is 4.21 Å². The molecule has 0 fully saturated rings. The third-order valence-corrected chi connectivity index (χ3v) is 4.28. The molecule has 2 heterocycles. The van der Waals surface area contributed by atoms with Crippen molar-refractivity contribution in [3.05, 3.63) is 41.4 Å². The fraction of sp³-hybridized carbons (Fsp3) is 0.250. The van der Waals surface area contributed by atoms with Gasteiger partial charge in [0.2, 0.25) is 0 Å². The van der Waals surface area contributed by atoms with Crippen LogP contribution in [0.25, 0.3) is 0 Å². The van der Waals surface area contributed by atoms with Crippen molar-refractivity contribution in [2.24, 2.45) is 0 Å². The molecular formula is C12H14N2S2. The number of thioether (sulfide) groups is 1. The van der Waals surface area contributed by atoms with Gasteiger partial charge in [-0.15, -0.1) is 23.1 Å². The highest BCUT2D eigenvalue weighted by molar-refractivity contribution is 8.00. The van der Waals surface area contributed by atoms with Crippen molar-refractivity contribution < 1.29 is 0 Å². The molecule has 2 nitrogen and oxygen atoms in total. The first-order valence-corrected chi connectivity index (χ1v) is 7.10. The van der Waals surface area contributed by atoms with Crippen LogP contribution in [0.4, 0.5) is 5.82 Å². The Bertz CT molecular complexity index is 426. The van der Waals surface area contributed by atoms with E-state index in [1.54, 1.807) is 11.3 Å². The van der Waals surface area contributed by atoms with Gasteiger partial charge < -0.3 is 5.32 Å². The van der Waals surface area contributed by atoms with Gasteiger partial charge in [-0.1, -0.05) is 12.1 Å². The molecule has 0 radical (unpaired) electrons. The molecule has 0 aliphatic carbocycles. The first-order chi connectivity index (χ1) is 7.90. The average molecular weight is 250 g/mol. The molecule has 0 spiro atoms. The summed E-state index contributed by atoms with van der Waals surface area (Å²) in [4.78, 5) is 4.35. The van der Waals surface area contributed by atoms with E-state index >= 15 is 0 Å². The van der Waals surface area contributed by atoms with Crippen LogP contribution in [-0.4, -0.2) is 11.5 Å². The predicted octanol–water partition coefficient (Wildman–Crippen LogP) is 3.87. The molecule has 0 aliphatic rings. The summed E-state index contributed by atoms with van der Waals surface area (Å²) in [6, 6.07) is 8.36. The van der Waals surface area contributed by atoms with Crippen LogP contribution in [0.1, 0.15) is 12.5 Å². The second-order valence-electron chi connectivity index (χ2n) is 3.26. The van der Waals surface area contributed by atoms with Gasteiger partial charge in [-0.25, -0.2) is 4.98 Å². The zero-order valence-electron chi connectivity index (χ0n) is 9.14. The Kier molecular flexibility index (Phi) is 4.25. The summed E-state index contributed by atoms with van der Waals surface area (Å²) in [5.41, 5.74) is 1.27. The first-order valence-electron chi connectivity index (χ1n) is 5.24. The molecule has 2 rings (SSSR count). The molecule has 0 aliphatic heterocycles. The number of anilines is 1. The van der Waals surface area contributed by atoms with E-state index in [1.807, 2.05) is 24.0 Å². The average Bonchev–Trinajstić information content (AvgIpc) is 2.81. The first kappa shape index (κ1) is 11.5. The van der Waals surface area contributed by atoms with Gasteiger partial charge in [-0.05, 0) is 24.4 Å². The van der Waals surface area contributed by atoms with Crippen molar-refractivity contribution in [2.75, 3.05) is 11.9 Å². The van der Waals surface area contributed by atoms with E-state index in [-0.39, 0.29) is 0 Å². The Labute approximate surface area is 104 Å². The molecule has 0 amide bonds. The summed E-state index contributed by atoms with van der Waals surface area (Å²) in [5, 5.41) is 5.39. The minimum absolute atomic E-state index is 0.910. The molecule has 1 N–H and O–H groups in total. The maximum Gasteiger partial charge on any atom is 0.129 e. The Morgan fingerprint density at radius 3 is 3.06 bits per heavy atom. The van der Waals surface area contributed by atoms with E-state index in [4.69, 9.17) is 0 Å². The summed E-state index contributed by atoms with van der Waals surface area (Å²) in [7, 11) is 0. The number of rotatable bonds is 5. The number of thiophene rings is 1. The maximum absolute atomic E-state index is 4.35. The topological polar surface area (TPSA) is 24.9 Å². The third kappa shape index (κ3) is 3.00. The standard InChI is InChI=1S/C12H14N2S2/c1-2-13-12-10(5-3-7-14-12)9-16-11-6-4-8-15-11/h3-8H,2,9H2,1H3,(H,13,14). The molecule has 0 bridgehead atoms. The van der Waals surface area contributed by atoms with Crippen LogP contribution in [0, 0.1) is 0 Å². The molecule has 2 aromatic rings. The van der Waals surface area contributed by atoms with Crippen molar-refractivity contribution >= 4 is 28.9 Å². The van der Waals surface area contributed by atoms with Gasteiger partial charge in [-0.3, -0.25) is 0 Å². The van der Waals surface area contributed by atoms with Crippen LogP contribution in [-0.2, 0) is 5.75 Å². The van der Waals surface area contributed by atoms with Gasteiger partial charge in [0.15, 0.2) is 0 Å². The molecule has 0 atom stereocenters.